The molecule has 0 heterocycles. The second-order valence-corrected chi connectivity index (χ2v) is 12.0. The van der Waals surface area contributed by atoms with Crippen LogP contribution in [-0.4, -0.2) is 11.6 Å². The van der Waals surface area contributed by atoms with Crippen LogP contribution in [-0.2, 0) is 9.59 Å². The Hall–Kier alpha value is -1.96. The molecule has 2 aliphatic rings. The van der Waals surface area contributed by atoms with Crippen molar-refractivity contribution in [1.82, 2.24) is 0 Å². The van der Waals surface area contributed by atoms with Crippen LogP contribution in [0, 0.1) is 22.7 Å². The standard InChI is InChI=1S/C16H26O.C16H24O/c2*1-12(11-14(3)17)8-9-15-13(2)7-6-10-16(15,4)5/h11,15H,2,6-10H2,1,3-5H3;8-9,11,15H,2,6-7,10H2,1,3-5H3/b12-11+;9-8+,12-11+/t2*15-/m11/s1. The summed E-state index contributed by atoms with van der Waals surface area (Å²) in [5.41, 5.74) is 5.64. The van der Waals surface area contributed by atoms with Gasteiger partial charge in [0.1, 0.15) is 0 Å². The summed E-state index contributed by atoms with van der Waals surface area (Å²) in [5.74, 6) is 1.32. The van der Waals surface area contributed by atoms with E-state index in [1.165, 1.54) is 48.8 Å². The van der Waals surface area contributed by atoms with Crippen molar-refractivity contribution in [3.63, 3.8) is 0 Å². The van der Waals surface area contributed by atoms with E-state index < -0.39 is 0 Å². The summed E-state index contributed by atoms with van der Waals surface area (Å²) in [7, 11) is 0. The average Bonchev–Trinajstić information content (AvgIpc) is 2.65. The Bertz CT molecular complexity index is 844. The smallest absolute Gasteiger partial charge is 0.152 e. The van der Waals surface area contributed by atoms with Gasteiger partial charge in [0.25, 0.3) is 0 Å². The van der Waals surface area contributed by atoms with Gasteiger partial charge in [0.15, 0.2) is 11.6 Å². The molecule has 0 radical (unpaired) electrons. The summed E-state index contributed by atoms with van der Waals surface area (Å²) >= 11 is 0. The van der Waals surface area contributed by atoms with Gasteiger partial charge in [-0.25, -0.2) is 0 Å². The maximum Gasteiger partial charge on any atom is 0.152 e. The van der Waals surface area contributed by atoms with E-state index in [2.05, 4.69) is 59.9 Å². The molecule has 2 fully saturated rings. The van der Waals surface area contributed by atoms with Crippen molar-refractivity contribution >= 4 is 11.6 Å². The van der Waals surface area contributed by atoms with E-state index in [4.69, 9.17) is 0 Å². The van der Waals surface area contributed by atoms with Gasteiger partial charge in [-0.2, -0.15) is 0 Å². The molecule has 0 saturated heterocycles. The van der Waals surface area contributed by atoms with Gasteiger partial charge in [-0.05, 0) is 114 Å². The highest BCUT2D eigenvalue weighted by Crippen LogP contribution is 2.46. The van der Waals surface area contributed by atoms with Gasteiger partial charge < -0.3 is 0 Å². The van der Waals surface area contributed by atoms with Gasteiger partial charge in [0, 0.05) is 5.92 Å². The monoisotopic (exact) mass is 466 g/mol. The van der Waals surface area contributed by atoms with E-state index in [0.29, 0.717) is 22.7 Å². The number of hydrogen-bond donors (Lipinski definition) is 0. The summed E-state index contributed by atoms with van der Waals surface area (Å²) in [6.45, 7) is 25.0. The Morgan fingerprint density at radius 2 is 1.38 bits per heavy atom. The molecule has 0 aromatic rings. The Morgan fingerprint density at radius 3 is 1.88 bits per heavy atom. The number of ketones is 2. The third-order valence-electron chi connectivity index (χ3n) is 7.62. The van der Waals surface area contributed by atoms with Crippen molar-refractivity contribution in [2.75, 3.05) is 0 Å². The molecule has 2 heteroatoms. The van der Waals surface area contributed by atoms with E-state index in [1.54, 1.807) is 26.0 Å². The fourth-order valence-electron chi connectivity index (χ4n) is 5.71. The first kappa shape index (κ1) is 30.1. The fraction of sp³-hybridized carbons (Fsp3) is 0.625. The molecule has 0 bridgehead atoms. The SMILES string of the molecule is C=C1CCCC(C)(C)[C@@H]1/C=C/C(C)=C/C(C)=O.C=C1CCCC(C)(C)[C@@H]1CC/C(C)=C/C(C)=O. The summed E-state index contributed by atoms with van der Waals surface area (Å²) in [5, 5.41) is 0. The van der Waals surface area contributed by atoms with Crippen LogP contribution in [0.15, 0.2) is 59.8 Å². The summed E-state index contributed by atoms with van der Waals surface area (Å²) in [4.78, 5) is 22.0. The van der Waals surface area contributed by atoms with Gasteiger partial charge in [-0.3, -0.25) is 9.59 Å². The molecule has 2 rings (SSSR count). The van der Waals surface area contributed by atoms with Crippen LogP contribution in [0.25, 0.3) is 0 Å². The lowest BCUT2D eigenvalue weighted by atomic mass is 9.65. The van der Waals surface area contributed by atoms with Gasteiger partial charge in [0.05, 0.1) is 0 Å². The Balaban J connectivity index is 0.000000340. The highest BCUT2D eigenvalue weighted by atomic mass is 16.1. The Morgan fingerprint density at radius 1 is 0.853 bits per heavy atom. The van der Waals surface area contributed by atoms with E-state index in [-0.39, 0.29) is 11.6 Å². The highest BCUT2D eigenvalue weighted by molar-refractivity contribution is 5.88. The van der Waals surface area contributed by atoms with E-state index in [0.717, 1.165) is 24.8 Å². The molecule has 2 nitrogen and oxygen atoms in total. The van der Waals surface area contributed by atoms with Crippen LogP contribution in [0.5, 0.6) is 0 Å². The van der Waals surface area contributed by atoms with Gasteiger partial charge in [-0.15, -0.1) is 0 Å². The van der Waals surface area contributed by atoms with Crippen LogP contribution in [0.4, 0.5) is 0 Å². The molecule has 2 saturated carbocycles. The van der Waals surface area contributed by atoms with Crippen molar-refractivity contribution in [2.24, 2.45) is 22.7 Å². The van der Waals surface area contributed by atoms with Crippen molar-refractivity contribution in [3.05, 3.63) is 59.8 Å². The lowest BCUT2D eigenvalue weighted by Crippen LogP contribution is -2.29. The first-order chi connectivity index (χ1) is 15.7. The molecular weight excluding hydrogens is 416 g/mol. The second kappa shape index (κ2) is 13.2. The zero-order chi connectivity index (χ0) is 26.1. The number of carbonyl (C=O) groups is 2. The van der Waals surface area contributed by atoms with Crippen molar-refractivity contribution < 1.29 is 9.59 Å². The number of hydrogen-bond acceptors (Lipinski definition) is 2. The molecule has 190 valence electrons. The zero-order valence-electron chi connectivity index (χ0n) is 23.4. The minimum atomic E-state index is 0.105. The maximum atomic E-state index is 11.0. The van der Waals surface area contributed by atoms with Gasteiger partial charge >= 0.3 is 0 Å². The number of rotatable bonds is 7. The molecule has 2 aliphatic carbocycles. The summed E-state index contributed by atoms with van der Waals surface area (Å²) in [6.07, 6.45) is 17.3. The largest absolute Gasteiger partial charge is 0.295 e. The van der Waals surface area contributed by atoms with Crippen molar-refractivity contribution in [2.45, 2.75) is 107 Å². The molecule has 0 spiro atoms. The summed E-state index contributed by atoms with van der Waals surface area (Å²) < 4.78 is 0. The molecule has 0 aliphatic heterocycles. The third kappa shape index (κ3) is 10.1. The predicted octanol–water partition coefficient (Wildman–Crippen LogP) is 9.14. The molecule has 0 aromatic carbocycles. The molecule has 0 unspecified atom stereocenters. The lowest BCUT2D eigenvalue weighted by molar-refractivity contribution is -0.113. The third-order valence-corrected chi connectivity index (χ3v) is 7.62. The van der Waals surface area contributed by atoms with Crippen molar-refractivity contribution in [3.8, 4) is 0 Å². The van der Waals surface area contributed by atoms with Crippen LogP contribution < -0.4 is 0 Å². The van der Waals surface area contributed by atoms with E-state index >= 15 is 0 Å². The molecule has 0 aromatic heterocycles. The molecular formula is C32H50O2. The zero-order valence-corrected chi connectivity index (χ0v) is 23.4. The van der Waals surface area contributed by atoms with Crippen LogP contribution >= 0.6 is 0 Å². The minimum Gasteiger partial charge on any atom is -0.295 e. The van der Waals surface area contributed by atoms with Crippen LogP contribution in [0.1, 0.15) is 107 Å². The minimum absolute atomic E-state index is 0.105. The van der Waals surface area contributed by atoms with Crippen LogP contribution in [0.3, 0.4) is 0 Å². The summed E-state index contributed by atoms with van der Waals surface area (Å²) in [6, 6.07) is 0. The van der Waals surface area contributed by atoms with E-state index in [9.17, 15) is 9.59 Å². The topological polar surface area (TPSA) is 34.1 Å². The first-order valence-electron chi connectivity index (χ1n) is 13.1. The average molecular weight is 467 g/mol. The van der Waals surface area contributed by atoms with E-state index in [1.807, 2.05) is 6.92 Å². The second-order valence-electron chi connectivity index (χ2n) is 12.0. The number of allylic oxidation sites excluding steroid dienone is 8. The number of carbonyl (C=O) groups excluding carboxylic acids is 2. The fourth-order valence-corrected chi connectivity index (χ4v) is 5.71. The maximum absolute atomic E-state index is 11.0. The lowest BCUT2D eigenvalue weighted by Gasteiger charge is -2.40. The van der Waals surface area contributed by atoms with Gasteiger partial charge in [-0.1, -0.05) is 69.7 Å². The molecule has 2 atom stereocenters. The highest BCUT2D eigenvalue weighted by Gasteiger charge is 2.34. The normalized spacial score (nSPS) is 25.1. The Kier molecular flexibility index (Phi) is 11.7. The first-order valence-corrected chi connectivity index (χ1v) is 13.1. The predicted molar refractivity (Wildman–Crippen MR) is 148 cm³/mol. The quantitative estimate of drug-likeness (QED) is 0.213. The Labute approximate surface area is 210 Å². The molecule has 34 heavy (non-hydrogen) atoms. The van der Waals surface area contributed by atoms with Crippen molar-refractivity contribution in [1.29, 1.82) is 0 Å². The molecule has 0 amide bonds. The molecule has 0 N–H and O–H groups in total. The van der Waals surface area contributed by atoms with Gasteiger partial charge in [0.2, 0.25) is 0 Å². The van der Waals surface area contributed by atoms with Crippen LogP contribution in [0.2, 0.25) is 0 Å².